The van der Waals surface area contributed by atoms with Crippen molar-refractivity contribution < 1.29 is 0 Å². The first kappa shape index (κ1) is 16.3. The highest BCUT2D eigenvalue weighted by molar-refractivity contribution is 5.38. The molecule has 0 spiro atoms. The van der Waals surface area contributed by atoms with Crippen LogP contribution in [-0.4, -0.2) is 52.6 Å². The van der Waals surface area contributed by atoms with Crippen molar-refractivity contribution in [2.45, 2.75) is 51.1 Å². The van der Waals surface area contributed by atoms with Crippen molar-refractivity contribution in [1.82, 2.24) is 39.5 Å². The van der Waals surface area contributed by atoms with E-state index in [4.69, 9.17) is 0 Å². The molecule has 2 aliphatic rings. The molecule has 2 fully saturated rings. The number of hydrogen-bond donors (Lipinski definition) is 0. The van der Waals surface area contributed by atoms with Gasteiger partial charge in [-0.15, -0.1) is 10.2 Å². The minimum atomic E-state index is 0.446. The quantitative estimate of drug-likeness (QED) is 0.680. The summed E-state index contributed by atoms with van der Waals surface area (Å²) >= 11 is 0. The van der Waals surface area contributed by atoms with E-state index in [1.54, 1.807) is 12.7 Å². The third-order valence-electron chi connectivity index (χ3n) is 5.42. The minimum Gasteiger partial charge on any atom is -0.356 e. The van der Waals surface area contributed by atoms with Crippen LogP contribution in [0.2, 0.25) is 0 Å². The highest BCUT2D eigenvalue weighted by Gasteiger charge is 2.33. The fraction of sp³-hybridized carbons (Fsp3) is 0.556. The zero-order valence-electron chi connectivity index (χ0n) is 15.4. The molecule has 1 aliphatic heterocycles. The van der Waals surface area contributed by atoms with Gasteiger partial charge in [-0.05, 0) is 38.7 Å². The highest BCUT2D eigenvalue weighted by Crippen LogP contribution is 2.40. The Kier molecular flexibility index (Phi) is 4.06. The molecule has 1 saturated heterocycles. The Morgan fingerprint density at radius 1 is 1.11 bits per heavy atom. The summed E-state index contributed by atoms with van der Waals surface area (Å²) in [5.74, 6) is 4.43. The minimum absolute atomic E-state index is 0.446. The molecule has 3 aromatic heterocycles. The van der Waals surface area contributed by atoms with Gasteiger partial charge in [-0.1, -0.05) is 0 Å². The fourth-order valence-corrected chi connectivity index (χ4v) is 3.90. The molecular weight excluding hydrogens is 342 g/mol. The van der Waals surface area contributed by atoms with Crippen LogP contribution in [0.5, 0.6) is 0 Å². The van der Waals surface area contributed by atoms with E-state index in [1.807, 2.05) is 23.9 Å². The molecule has 0 bridgehead atoms. The SMILES string of the molecule is Cc1nccc(N2CCC(c3nnc(Cn4cncn4)n3C3CC3)CC2)n1. The van der Waals surface area contributed by atoms with E-state index in [0.717, 1.165) is 49.2 Å². The Bertz CT molecular complexity index is 905. The molecule has 3 aromatic rings. The van der Waals surface area contributed by atoms with Crippen molar-refractivity contribution in [1.29, 1.82) is 0 Å². The van der Waals surface area contributed by atoms with Gasteiger partial charge in [-0.3, -0.25) is 0 Å². The second-order valence-electron chi connectivity index (χ2n) is 7.39. The molecular formula is C18H23N9. The monoisotopic (exact) mass is 365 g/mol. The van der Waals surface area contributed by atoms with E-state index in [0.29, 0.717) is 18.5 Å². The zero-order chi connectivity index (χ0) is 18.2. The lowest BCUT2D eigenvalue weighted by atomic mass is 9.96. The molecule has 5 rings (SSSR count). The number of anilines is 1. The predicted molar refractivity (Wildman–Crippen MR) is 98.4 cm³/mol. The van der Waals surface area contributed by atoms with Gasteiger partial charge in [0.1, 0.15) is 36.7 Å². The third kappa shape index (κ3) is 3.29. The number of nitrogens with zero attached hydrogens (tertiary/aromatic N) is 9. The van der Waals surface area contributed by atoms with Gasteiger partial charge in [0.15, 0.2) is 5.82 Å². The fourth-order valence-electron chi connectivity index (χ4n) is 3.90. The Balaban J connectivity index is 1.33. The average Bonchev–Trinajstić information content (AvgIpc) is 3.23. The lowest BCUT2D eigenvalue weighted by molar-refractivity contribution is 0.458. The molecule has 0 amide bonds. The summed E-state index contributed by atoms with van der Waals surface area (Å²) in [5, 5.41) is 13.3. The Labute approximate surface area is 157 Å². The van der Waals surface area contributed by atoms with E-state index in [9.17, 15) is 0 Å². The number of hydrogen-bond acceptors (Lipinski definition) is 7. The Morgan fingerprint density at radius 3 is 2.67 bits per heavy atom. The second-order valence-corrected chi connectivity index (χ2v) is 7.39. The maximum absolute atomic E-state index is 4.60. The maximum atomic E-state index is 4.60. The summed E-state index contributed by atoms with van der Waals surface area (Å²) in [6, 6.07) is 2.55. The molecule has 27 heavy (non-hydrogen) atoms. The smallest absolute Gasteiger partial charge is 0.155 e. The van der Waals surface area contributed by atoms with Crippen LogP contribution in [0.4, 0.5) is 5.82 Å². The van der Waals surface area contributed by atoms with E-state index >= 15 is 0 Å². The van der Waals surface area contributed by atoms with Crippen LogP contribution in [0.3, 0.4) is 0 Å². The first-order chi connectivity index (χ1) is 13.3. The van der Waals surface area contributed by atoms with Gasteiger partial charge in [-0.25, -0.2) is 19.6 Å². The number of aryl methyl sites for hydroxylation is 1. The van der Waals surface area contributed by atoms with Crippen LogP contribution in [0.25, 0.3) is 0 Å². The van der Waals surface area contributed by atoms with Gasteiger partial charge in [0.2, 0.25) is 0 Å². The van der Waals surface area contributed by atoms with Crippen molar-refractivity contribution in [2.24, 2.45) is 0 Å². The van der Waals surface area contributed by atoms with Crippen LogP contribution in [0.15, 0.2) is 24.9 Å². The van der Waals surface area contributed by atoms with Crippen LogP contribution < -0.4 is 4.90 Å². The summed E-state index contributed by atoms with van der Waals surface area (Å²) in [4.78, 5) is 15.1. The first-order valence-electron chi connectivity index (χ1n) is 9.58. The van der Waals surface area contributed by atoms with Gasteiger partial charge in [-0.2, -0.15) is 5.10 Å². The van der Waals surface area contributed by atoms with Gasteiger partial charge in [0.25, 0.3) is 0 Å². The lowest BCUT2D eigenvalue weighted by Gasteiger charge is -2.32. The number of aromatic nitrogens is 8. The molecule has 4 heterocycles. The molecule has 9 nitrogen and oxygen atoms in total. The van der Waals surface area contributed by atoms with Gasteiger partial charge < -0.3 is 9.47 Å². The summed E-state index contributed by atoms with van der Waals surface area (Å²) in [5.41, 5.74) is 0. The van der Waals surface area contributed by atoms with Crippen LogP contribution in [-0.2, 0) is 6.54 Å². The van der Waals surface area contributed by atoms with Crippen molar-refractivity contribution >= 4 is 5.82 Å². The number of rotatable bonds is 5. The topological polar surface area (TPSA) is 90.4 Å². The third-order valence-corrected chi connectivity index (χ3v) is 5.42. The molecule has 0 atom stereocenters. The standard InChI is InChI=1S/C18H23N9/c1-13-20-7-4-16(22-13)25-8-5-14(6-9-25)18-24-23-17(27(18)15-2-3-15)10-26-12-19-11-21-26/h4,7,11-12,14-15H,2-3,5-6,8-10H2,1H3. The number of piperidine rings is 1. The maximum Gasteiger partial charge on any atom is 0.155 e. The van der Waals surface area contributed by atoms with Gasteiger partial charge >= 0.3 is 0 Å². The van der Waals surface area contributed by atoms with Crippen molar-refractivity contribution in [3.8, 4) is 0 Å². The molecule has 0 unspecified atom stereocenters. The molecule has 1 saturated carbocycles. The molecule has 0 aromatic carbocycles. The highest BCUT2D eigenvalue weighted by atomic mass is 15.4. The van der Waals surface area contributed by atoms with Crippen LogP contribution in [0, 0.1) is 6.92 Å². The molecule has 0 N–H and O–H groups in total. The largest absolute Gasteiger partial charge is 0.356 e. The lowest BCUT2D eigenvalue weighted by Crippen LogP contribution is -2.34. The van der Waals surface area contributed by atoms with Crippen molar-refractivity contribution in [3.05, 3.63) is 42.4 Å². The summed E-state index contributed by atoms with van der Waals surface area (Å²) in [7, 11) is 0. The molecule has 9 heteroatoms. The summed E-state index contributed by atoms with van der Waals surface area (Å²) in [6.45, 7) is 4.53. The predicted octanol–water partition coefficient (Wildman–Crippen LogP) is 1.74. The van der Waals surface area contributed by atoms with Crippen LogP contribution >= 0.6 is 0 Å². The van der Waals surface area contributed by atoms with E-state index in [2.05, 4.69) is 39.7 Å². The van der Waals surface area contributed by atoms with E-state index in [-0.39, 0.29) is 0 Å². The van der Waals surface area contributed by atoms with E-state index < -0.39 is 0 Å². The second kappa shape index (κ2) is 6.71. The van der Waals surface area contributed by atoms with Crippen LogP contribution in [0.1, 0.15) is 55.1 Å². The Morgan fingerprint density at radius 2 is 1.96 bits per heavy atom. The average molecular weight is 365 g/mol. The summed E-state index contributed by atoms with van der Waals surface area (Å²) in [6.07, 6.45) is 9.69. The first-order valence-corrected chi connectivity index (χ1v) is 9.58. The summed E-state index contributed by atoms with van der Waals surface area (Å²) < 4.78 is 4.18. The molecule has 1 aliphatic carbocycles. The van der Waals surface area contributed by atoms with Gasteiger partial charge in [0.05, 0.1) is 0 Å². The Hall–Kier alpha value is -2.84. The zero-order valence-corrected chi connectivity index (χ0v) is 15.4. The van der Waals surface area contributed by atoms with Gasteiger partial charge in [0, 0.05) is 31.2 Å². The van der Waals surface area contributed by atoms with Crippen molar-refractivity contribution in [3.63, 3.8) is 0 Å². The van der Waals surface area contributed by atoms with E-state index in [1.165, 1.54) is 12.8 Å². The molecule has 0 radical (unpaired) electrons. The van der Waals surface area contributed by atoms with Crippen molar-refractivity contribution in [2.75, 3.05) is 18.0 Å². The normalized spacial score (nSPS) is 18.2. The molecule has 140 valence electrons.